The molecule has 4 nitrogen and oxygen atoms in total. The summed E-state index contributed by atoms with van der Waals surface area (Å²) in [5, 5.41) is 1.11. The number of carbonyl (C=O) groups excluding carboxylic acids is 1. The van der Waals surface area contributed by atoms with Gasteiger partial charge in [-0.15, -0.1) is 0 Å². The number of allylic oxidation sites excluding steroid dienone is 2. The first-order valence-corrected chi connectivity index (χ1v) is 7.14. The Labute approximate surface area is 117 Å². The summed E-state index contributed by atoms with van der Waals surface area (Å²) in [7, 11) is 0. The van der Waals surface area contributed by atoms with Gasteiger partial charge in [0.2, 0.25) is 5.76 Å². The fraction of sp³-hybridized carbons (Fsp3) is 0.500. The molecular weight excluding hydrogens is 268 g/mol. The lowest BCUT2D eigenvalue weighted by molar-refractivity contribution is -0.122. The molecule has 1 saturated heterocycles. The lowest BCUT2D eigenvalue weighted by Crippen LogP contribution is -2.28. The molecule has 18 heavy (non-hydrogen) atoms. The van der Waals surface area contributed by atoms with Gasteiger partial charge in [0.25, 0.3) is 11.1 Å². The van der Waals surface area contributed by atoms with E-state index in [0.717, 1.165) is 11.6 Å². The Bertz CT molecular complexity index is 482. The third kappa shape index (κ3) is 1.93. The first kappa shape index (κ1) is 13.4. The van der Waals surface area contributed by atoms with E-state index in [-0.39, 0.29) is 11.1 Å². The Hall–Kier alpha value is -1.01. The lowest BCUT2D eigenvalue weighted by Gasteiger charge is -2.19. The van der Waals surface area contributed by atoms with Crippen molar-refractivity contribution in [2.24, 2.45) is 0 Å². The van der Waals surface area contributed by atoms with E-state index in [1.165, 1.54) is 15.5 Å². The second-order valence-electron chi connectivity index (χ2n) is 4.04. The minimum atomic E-state index is -0.133. The Morgan fingerprint density at radius 3 is 2.33 bits per heavy atom. The molecule has 0 aromatic carbocycles. The lowest BCUT2D eigenvalue weighted by atomic mass is 10.3. The summed E-state index contributed by atoms with van der Waals surface area (Å²) in [5.41, 5.74) is 1.17. The highest BCUT2D eigenvalue weighted by atomic mass is 32.2. The summed E-state index contributed by atoms with van der Waals surface area (Å²) >= 11 is 6.65. The molecule has 0 N–H and O–H groups in total. The van der Waals surface area contributed by atoms with Crippen LogP contribution in [0.5, 0.6) is 0 Å². The largest absolute Gasteiger partial charge is 0.423 e. The maximum atomic E-state index is 12.2. The first-order chi connectivity index (χ1) is 8.51. The van der Waals surface area contributed by atoms with Crippen LogP contribution in [0.3, 0.4) is 0 Å². The van der Waals surface area contributed by atoms with E-state index in [2.05, 4.69) is 18.7 Å². The summed E-state index contributed by atoms with van der Waals surface area (Å²) in [6, 6.07) is 0. The van der Waals surface area contributed by atoms with Crippen molar-refractivity contribution in [3.05, 3.63) is 21.4 Å². The Kier molecular flexibility index (Phi) is 3.68. The summed E-state index contributed by atoms with van der Waals surface area (Å²) in [6.45, 7) is 9.38. The molecule has 2 heterocycles. The van der Waals surface area contributed by atoms with Crippen molar-refractivity contribution in [3.63, 3.8) is 0 Å². The topological polar surface area (TPSA) is 32.8 Å². The van der Waals surface area contributed by atoms with Crippen molar-refractivity contribution in [2.75, 3.05) is 13.1 Å². The first-order valence-electron chi connectivity index (χ1n) is 5.92. The van der Waals surface area contributed by atoms with Crippen molar-refractivity contribution in [2.45, 2.75) is 27.7 Å². The zero-order valence-corrected chi connectivity index (χ0v) is 12.6. The second-order valence-corrected chi connectivity index (χ2v) is 5.59. The van der Waals surface area contributed by atoms with Gasteiger partial charge in [-0.1, -0.05) is 11.8 Å². The van der Waals surface area contributed by atoms with Gasteiger partial charge in [0.05, 0.1) is 0 Å². The number of hydrogen-bond donors (Lipinski definition) is 0. The molecular formula is C12H16N2O2S2. The van der Waals surface area contributed by atoms with Gasteiger partial charge < -0.3 is 9.64 Å². The van der Waals surface area contributed by atoms with E-state index in [9.17, 15) is 4.79 Å². The number of rotatable bonds is 2. The maximum absolute atomic E-state index is 12.2. The second kappa shape index (κ2) is 4.93. The molecule has 1 fully saturated rings. The molecule has 0 unspecified atom stereocenters. The zero-order valence-electron chi connectivity index (χ0n) is 10.9. The van der Waals surface area contributed by atoms with Crippen LogP contribution in [-0.2, 0) is 9.53 Å². The quantitative estimate of drug-likeness (QED) is 0.575. The highest BCUT2D eigenvalue weighted by molar-refractivity contribution is 8.06. The molecule has 2 aliphatic heterocycles. The molecule has 0 bridgehead atoms. The molecule has 1 amide bonds. The zero-order chi connectivity index (χ0) is 13.4. The van der Waals surface area contributed by atoms with Crippen molar-refractivity contribution in [3.8, 4) is 0 Å². The van der Waals surface area contributed by atoms with Crippen molar-refractivity contribution >= 4 is 35.1 Å². The van der Waals surface area contributed by atoms with Crippen LogP contribution in [0.4, 0.5) is 0 Å². The van der Waals surface area contributed by atoms with Crippen molar-refractivity contribution in [1.29, 1.82) is 0 Å². The normalized spacial score (nSPS) is 24.4. The SMILES string of the molecule is CCN1C(=O)C(=C2SC(C)=C(C)N2CC)OC1=S. The predicted molar refractivity (Wildman–Crippen MR) is 76.4 cm³/mol. The van der Waals surface area contributed by atoms with Gasteiger partial charge in [0.1, 0.15) is 5.03 Å². The van der Waals surface area contributed by atoms with Crippen LogP contribution in [0, 0.1) is 0 Å². The van der Waals surface area contributed by atoms with Crippen LogP contribution in [-0.4, -0.2) is 34.0 Å². The third-order valence-electron chi connectivity index (χ3n) is 3.09. The monoisotopic (exact) mass is 284 g/mol. The number of thioether (sulfide) groups is 1. The molecule has 98 valence electrons. The third-order valence-corrected chi connectivity index (χ3v) is 4.59. The average molecular weight is 284 g/mol. The van der Waals surface area contributed by atoms with Crippen LogP contribution in [0.2, 0.25) is 0 Å². The van der Waals surface area contributed by atoms with Crippen molar-refractivity contribution in [1.82, 2.24) is 9.80 Å². The molecule has 0 aromatic rings. The fourth-order valence-corrected chi connectivity index (χ4v) is 3.41. The van der Waals surface area contributed by atoms with E-state index in [4.69, 9.17) is 17.0 Å². The summed E-state index contributed by atoms with van der Waals surface area (Å²) in [5.74, 6) is 0.232. The molecule has 0 aromatic heterocycles. The molecule has 6 heteroatoms. The van der Waals surface area contributed by atoms with Gasteiger partial charge in [-0.05, 0) is 39.9 Å². The smallest absolute Gasteiger partial charge is 0.299 e. The number of likely N-dealkylation sites (N-methyl/N-ethyl adjacent to an activating group) is 1. The van der Waals surface area contributed by atoms with Crippen LogP contribution in [0.25, 0.3) is 0 Å². The van der Waals surface area contributed by atoms with E-state index < -0.39 is 0 Å². The Morgan fingerprint density at radius 1 is 1.22 bits per heavy atom. The van der Waals surface area contributed by atoms with E-state index >= 15 is 0 Å². The number of thiocarbonyl (C=S) groups is 1. The molecule has 0 spiro atoms. The molecule has 0 atom stereocenters. The molecule has 2 rings (SSSR count). The summed E-state index contributed by atoms with van der Waals surface area (Å²) in [6.07, 6.45) is 0. The number of nitrogens with zero attached hydrogens (tertiary/aromatic N) is 2. The van der Waals surface area contributed by atoms with Gasteiger partial charge in [0.15, 0.2) is 0 Å². The van der Waals surface area contributed by atoms with Gasteiger partial charge in [-0.3, -0.25) is 9.69 Å². The van der Waals surface area contributed by atoms with Crippen LogP contribution < -0.4 is 0 Å². The fourth-order valence-electron chi connectivity index (χ4n) is 1.97. The molecule has 0 aliphatic carbocycles. The van der Waals surface area contributed by atoms with Gasteiger partial charge in [-0.25, -0.2) is 0 Å². The summed E-state index contributed by atoms with van der Waals surface area (Å²) in [4.78, 5) is 17.0. The Morgan fingerprint density at radius 2 is 1.83 bits per heavy atom. The van der Waals surface area contributed by atoms with E-state index in [1.807, 2.05) is 13.8 Å². The van der Waals surface area contributed by atoms with E-state index in [1.54, 1.807) is 11.8 Å². The standard InChI is InChI=1S/C12H16N2O2S2/c1-5-13-7(3)8(4)18-11(13)9-10(15)14(6-2)12(17)16-9/h5-6H2,1-4H3. The van der Waals surface area contributed by atoms with Gasteiger partial charge >= 0.3 is 0 Å². The minimum Gasteiger partial charge on any atom is -0.423 e. The Balaban J connectivity index is 2.40. The number of carbonyl (C=O) groups is 1. The number of ether oxygens (including phenoxy) is 1. The molecule has 2 aliphatic rings. The average Bonchev–Trinajstić information content (AvgIpc) is 2.78. The summed E-state index contributed by atoms with van der Waals surface area (Å²) < 4.78 is 5.49. The highest BCUT2D eigenvalue weighted by Gasteiger charge is 2.38. The number of hydrogen-bond acceptors (Lipinski definition) is 5. The molecule has 0 radical (unpaired) electrons. The maximum Gasteiger partial charge on any atom is 0.299 e. The highest BCUT2D eigenvalue weighted by Crippen LogP contribution is 2.43. The minimum absolute atomic E-state index is 0.133. The van der Waals surface area contributed by atoms with Gasteiger partial charge in [-0.2, -0.15) is 0 Å². The molecule has 0 saturated carbocycles. The van der Waals surface area contributed by atoms with E-state index in [0.29, 0.717) is 12.3 Å². The van der Waals surface area contributed by atoms with Crippen LogP contribution >= 0.6 is 24.0 Å². The van der Waals surface area contributed by atoms with Crippen LogP contribution in [0.15, 0.2) is 21.4 Å². The number of amides is 1. The predicted octanol–water partition coefficient (Wildman–Crippen LogP) is 2.64. The van der Waals surface area contributed by atoms with Crippen LogP contribution in [0.1, 0.15) is 27.7 Å². The van der Waals surface area contributed by atoms with Gasteiger partial charge in [0, 0.05) is 23.7 Å². The van der Waals surface area contributed by atoms with Crippen molar-refractivity contribution < 1.29 is 9.53 Å².